The summed E-state index contributed by atoms with van der Waals surface area (Å²) in [4.78, 5) is 4.07. The zero-order valence-electron chi connectivity index (χ0n) is 8.25. The maximum absolute atomic E-state index is 13.1. The summed E-state index contributed by atoms with van der Waals surface area (Å²) < 4.78 is 13.1. The predicted octanol–water partition coefficient (Wildman–Crippen LogP) is 4.44. The monoisotopic (exact) mass is 299 g/mol. The zero-order chi connectivity index (χ0) is 11.5. The molecule has 0 fully saturated rings. The molecule has 0 N–H and O–H groups in total. The summed E-state index contributed by atoms with van der Waals surface area (Å²) in [5.41, 5.74) is 2.55. The standard InChI is InChI=1S/C12H8BrClFN/c13-6-9-4-10(7-16-12(9)14)8-2-1-3-11(15)5-8/h1-5,7H,6H2. The van der Waals surface area contributed by atoms with Crippen molar-refractivity contribution in [3.8, 4) is 11.1 Å². The normalized spacial score (nSPS) is 10.4. The molecule has 1 nitrogen and oxygen atoms in total. The second-order valence-electron chi connectivity index (χ2n) is 3.32. The van der Waals surface area contributed by atoms with Gasteiger partial charge < -0.3 is 0 Å². The van der Waals surface area contributed by atoms with Crippen LogP contribution in [0.25, 0.3) is 11.1 Å². The average molecular weight is 301 g/mol. The van der Waals surface area contributed by atoms with E-state index in [1.165, 1.54) is 12.1 Å². The highest BCUT2D eigenvalue weighted by Crippen LogP contribution is 2.24. The molecule has 0 atom stereocenters. The molecular formula is C12H8BrClFN. The Bertz CT molecular complexity index is 516. The Balaban J connectivity index is 2.48. The molecule has 0 saturated carbocycles. The van der Waals surface area contributed by atoms with Gasteiger partial charge >= 0.3 is 0 Å². The van der Waals surface area contributed by atoms with Crippen molar-refractivity contribution in [3.05, 3.63) is 53.1 Å². The molecule has 0 spiro atoms. The van der Waals surface area contributed by atoms with Crippen LogP contribution in [0.1, 0.15) is 5.56 Å². The molecule has 16 heavy (non-hydrogen) atoms. The number of alkyl halides is 1. The van der Waals surface area contributed by atoms with Crippen LogP contribution in [0.2, 0.25) is 5.15 Å². The van der Waals surface area contributed by atoms with Crippen molar-refractivity contribution in [2.24, 2.45) is 0 Å². The van der Waals surface area contributed by atoms with Crippen LogP contribution in [0.5, 0.6) is 0 Å². The second kappa shape index (κ2) is 4.93. The molecular weight excluding hydrogens is 292 g/mol. The predicted molar refractivity (Wildman–Crippen MR) is 67.3 cm³/mol. The quantitative estimate of drug-likeness (QED) is 0.590. The van der Waals surface area contributed by atoms with Crippen LogP contribution in [0.4, 0.5) is 4.39 Å². The van der Waals surface area contributed by atoms with Gasteiger partial charge in [0.15, 0.2) is 0 Å². The first-order valence-electron chi connectivity index (χ1n) is 4.67. The van der Waals surface area contributed by atoms with E-state index in [1.54, 1.807) is 12.3 Å². The van der Waals surface area contributed by atoms with Crippen LogP contribution in [0.15, 0.2) is 36.5 Å². The molecule has 0 aliphatic carbocycles. The van der Waals surface area contributed by atoms with Gasteiger partial charge in [-0.15, -0.1) is 0 Å². The second-order valence-corrected chi connectivity index (χ2v) is 4.24. The number of pyridine rings is 1. The van der Waals surface area contributed by atoms with Gasteiger partial charge in [-0.1, -0.05) is 39.7 Å². The number of hydrogen-bond donors (Lipinski definition) is 0. The van der Waals surface area contributed by atoms with Gasteiger partial charge in [0.25, 0.3) is 0 Å². The van der Waals surface area contributed by atoms with Crippen LogP contribution in [-0.2, 0) is 5.33 Å². The summed E-state index contributed by atoms with van der Waals surface area (Å²) in [6, 6.07) is 8.30. The molecule has 1 aromatic carbocycles. The fraction of sp³-hybridized carbons (Fsp3) is 0.0833. The molecule has 2 rings (SSSR count). The van der Waals surface area contributed by atoms with Gasteiger partial charge in [0.2, 0.25) is 0 Å². The molecule has 0 bridgehead atoms. The van der Waals surface area contributed by atoms with Crippen molar-refractivity contribution in [2.45, 2.75) is 5.33 Å². The number of nitrogens with zero attached hydrogens (tertiary/aromatic N) is 1. The Morgan fingerprint density at radius 1 is 1.25 bits per heavy atom. The SMILES string of the molecule is Fc1cccc(-c2cnc(Cl)c(CBr)c2)c1. The fourth-order valence-electron chi connectivity index (χ4n) is 1.41. The van der Waals surface area contributed by atoms with Gasteiger partial charge in [0.1, 0.15) is 11.0 Å². The zero-order valence-corrected chi connectivity index (χ0v) is 10.6. The lowest BCUT2D eigenvalue weighted by Crippen LogP contribution is -1.88. The first-order chi connectivity index (χ1) is 7.70. The van der Waals surface area contributed by atoms with E-state index >= 15 is 0 Å². The van der Waals surface area contributed by atoms with Gasteiger partial charge in [0.05, 0.1) is 0 Å². The number of rotatable bonds is 2. The lowest BCUT2D eigenvalue weighted by Gasteiger charge is -2.04. The minimum absolute atomic E-state index is 0.257. The Labute approximate surface area is 106 Å². The highest BCUT2D eigenvalue weighted by Gasteiger charge is 2.04. The van der Waals surface area contributed by atoms with Crippen LogP contribution in [0.3, 0.4) is 0 Å². The lowest BCUT2D eigenvalue weighted by atomic mass is 10.1. The van der Waals surface area contributed by atoms with Crippen molar-refractivity contribution in [2.75, 3.05) is 0 Å². The lowest BCUT2D eigenvalue weighted by molar-refractivity contribution is 0.628. The average Bonchev–Trinajstić information content (AvgIpc) is 2.29. The third kappa shape index (κ3) is 2.42. The molecule has 82 valence electrons. The molecule has 0 saturated heterocycles. The summed E-state index contributed by atoms with van der Waals surface area (Å²) in [5.74, 6) is -0.257. The van der Waals surface area contributed by atoms with Gasteiger partial charge in [0, 0.05) is 22.7 Å². The van der Waals surface area contributed by atoms with E-state index in [2.05, 4.69) is 20.9 Å². The first-order valence-corrected chi connectivity index (χ1v) is 6.17. The number of hydrogen-bond acceptors (Lipinski definition) is 1. The molecule has 1 heterocycles. The Morgan fingerprint density at radius 2 is 2.06 bits per heavy atom. The van der Waals surface area contributed by atoms with Crippen molar-refractivity contribution in [1.29, 1.82) is 0 Å². The molecule has 0 aliphatic heterocycles. The van der Waals surface area contributed by atoms with E-state index < -0.39 is 0 Å². The molecule has 2 aromatic rings. The van der Waals surface area contributed by atoms with Gasteiger partial charge in [-0.05, 0) is 23.8 Å². The van der Waals surface area contributed by atoms with E-state index in [-0.39, 0.29) is 5.82 Å². The maximum atomic E-state index is 13.1. The highest BCUT2D eigenvalue weighted by atomic mass is 79.9. The van der Waals surface area contributed by atoms with Crippen LogP contribution >= 0.6 is 27.5 Å². The Kier molecular flexibility index (Phi) is 3.56. The van der Waals surface area contributed by atoms with Crippen LogP contribution in [0, 0.1) is 5.82 Å². The maximum Gasteiger partial charge on any atom is 0.133 e. The third-order valence-electron chi connectivity index (χ3n) is 2.21. The van der Waals surface area contributed by atoms with E-state index in [9.17, 15) is 4.39 Å². The van der Waals surface area contributed by atoms with E-state index in [0.717, 1.165) is 16.7 Å². The van der Waals surface area contributed by atoms with Crippen molar-refractivity contribution in [3.63, 3.8) is 0 Å². The van der Waals surface area contributed by atoms with E-state index in [4.69, 9.17) is 11.6 Å². The molecule has 0 unspecified atom stereocenters. The van der Waals surface area contributed by atoms with Gasteiger partial charge in [-0.25, -0.2) is 9.37 Å². The minimum atomic E-state index is -0.257. The number of benzene rings is 1. The summed E-state index contributed by atoms with van der Waals surface area (Å²) in [7, 11) is 0. The largest absolute Gasteiger partial charge is 0.244 e. The highest BCUT2D eigenvalue weighted by molar-refractivity contribution is 9.08. The summed E-state index contributed by atoms with van der Waals surface area (Å²) in [6.45, 7) is 0. The van der Waals surface area contributed by atoms with Crippen molar-refractivity contribution >= 4 is 27.5 Å². The summed E-state index contributed by atoms with van der Waals surface area (Å²) in [6.07, 6.45) is 1.64. The van der Waals surface area contributed by atoms with Crippen LogP contribution < -0.4 is 0 Å². The molecule has 0 radical (unpaired) electrons. The number of halogens is 3. The molecule has 4 heteroatoms. The van der Waals surface area contributed by atoms with E-state index in [1.807, 2.05) is 12.1 Å². The number of aromatic nitrogens is 1. The van der Waals surface area contributed by atoms with E-state index in [0.29, 0.717) is 10.5 Å². The van der Waals surface area contributed by atoms with Gasteiger partial charge in [-0.2, -0.15) is 0 Å². The van der Waals surface area contributed by atoms with Crippen LogP contribution in [-0.4, -0.2) is 4.98 Å². The third-order valence-corrected chi connectivity index (χ3v) is 3.16. The summed E-state index contributed by atoms with van der Waals surface area (Å²) in [5, 5.41) is 1.10. The fourth-order valence-corrected chi connectivity index (χ4v) is 2.17. The Morgan fingerprint density at radius 3 is 2.75 bits per heavy atom. The Hall–Kier alpha value is -0.930. The minimum Gasteiger partial charge on any atom is -0.244 e. The van der Waals surface area contributed by atoms with Gasteiger partial charge in [-0.3, -0.25) is 0 Å². The molecule has 0 amide bonds. The molecule has 1 aromatic heterocycles. The first kappa shape index (κ1) is 11.6. The van der Waals surface area contributed by atoms with Crippen molar-refractivity contribution in [1.82, 2.24) is 4.98 Å². The summed E-state index contributed by atoms with van der Waals surface area (Å²) >= 11 is 9.23. The molecule has 0 aliphatic rings. The van der Waals surface area contributed by atoms with Crippen molar-refractivity contribution < 1.29 is 4.39 Å². The topological polar surface area (TPSA) is 12.9 Å². The smallest absolute Gasteiger partial charge is 0.133 e.